The van der Waals surface area contributed by atoms with Crippen LogP contribution in [0.2, 0.25) is 0 Å². The Morgan fingerprint density at radius 2 is 2.27 bits per heavy atom. The summed E-state index contributed by atoms with van der Waals surface area (Å²) in [5.74, 6) is 0. The van der Waals surface area contributed by atoms with Crippen LogP contribution in [0.4, 0.5) is 0 Å². The molecule has 76 valence electrons. The lowest BCUT2D eigenvalue weighted by Gasteiger charge is -1.95. The van der Waals surface area contributed by atoms with Crippen LogP contribution in [0.3, 0.4) is 0 Å². The Bertz CT molecular complexity index is 633. The number of hydrogen-bond donors (Lipinski definition) is 0. The van der Waals surface area contributed by atoms with Gasteiger partial charge in [-0.25, -0.2) is 4.98 Å². The highest BCUT2D eigenvalue weighted by Gasteiger charge is 2.06. The van der Waals surface area contributed by atoms with Gasteiger partial charge in [-0.1, -0.05) is 24.3 Å². The van der Waals surface area contributed by atoms with Gasteiger partial charge < -0.3 is 0 Å². The summed E-state index contributed by atoms with van der Waals surface area (Å²) in [7, 11) is 0. The molecule has 1 aromatic carbocycles. The molecule has 2 heterocycles. The fourth-order valence-electron chi connectivity index (χ4n) is 1.88. The molecule has 0 amide bonds. The molecular weight excluding hydrogens is 204 g/mol. The van der Waals surface area contributed by atoms with Crippen LogP contribution in [0.5, 0.6) is 0 Å². The number of aryl methyl sites for hydroxylation is 2. The standard InChI is InChI=1S/C12H12N2S/c1-3-9-4-5-10-11(6-9)15-12-13-8(2)7-14(10)12/h4-7H,3H2,1-2H3. The number of rotatable bonds is 1. The fourth-order valence-corrected chi connectivity index (χ4v) is 2.99. The van der Waals surface area contributed by atoms with Gasteiger partial charge in [0.1, 0.15) is 0 Å². The predicted octanol–water partition coefficient (Wildman–Crippen LogP) is 3.42. The monoisotopic (exact) mass is 216 g/mol. The molecule has 2 nitrogen and oxygen atoms in total. The molecule has 15 heavy (non-hydrogen) atoms. The van der Waals surface area contributed by atoms with Crippen molar-refractivity contribution in [3.63, 3.8) is 0 Å². The minimum absolute atomic E-state index is 1.09. The van der Waals surface area contributed by atoms with Gasteiger partial charge in [-0.3, -0.25) is 4.40 Å². The molecule has 0 saturated heterocycles. The van der Waals surface area contributed by atoms with Crippen LogP contribution in [0.15, 0.2) is 24.4 Å². The van der Waals surface area contributed by atoms with Gasteiger partial charge in [-0.05, 0) is 31.0 Å². The Morgan fingerprint density at radius 1 is 1.40 bits per heavy atom. The van der Waals surface area contributed by atoms with Crippen LogP contribution in [0.25, 0.3) is 15.2 Å². The van der Waals surface area contributed by atoms with Crippen LogP contribution in [-0.2, 0) is 6.42 Å². The third-order valence-electron chi connectivity index (χ3n) is 2.69. The first kappa shape index (κ1) is 8.92. The van der Waals surface area contributed by atoms with Gasteiger partial charge in [0, 0.05) is 6.20 Å². The number of benzene rings is 1. The predicted molar refractivity (Wildman–Crippen MR) is 64.7 cm³/mol. The van der Waals surface area contributed by atoms with Crippen molar-refractivity contribution in [2.24, 2.45) is 0 Å². The second kappa shape index (κ2) is 3.07. The van der Waals surface area contributed by atoms with Crippen LogP contribution in [0.1, 0.15) is 18.2 Å². The molecule has 3 rings (SSSR count). The summed E-state index contributed by atoms with van der Waals surface area (Å²) in [6, 6.07) is 6.66. The van der Waals surface area contributed by atoms with Gasteiger partial charge in [-0.15, -0.1) is 0 Å². The van der Waals surface area contributed by atoms with Gasteiger partial charge in [0.2, 0.25) is 0 Å². The van der Waals surface area contributed by atoms with E-state index in [4.69, 9.17) is 0 Å². The van der Waals surface area contributed by atoms with Crippen molar-refractivity contribution < 1.29 is 0 Å². The van der Waals surface area contributed by atoms with E-state index in [9.17, 15) is 0 Å². The van der Waals surface area contributed by atoms with Crippen LogP contribution in [0, 0.1) is 6.92 Å². The van der Waals surface area contributed by atoms with Gasteiger partial charge in [0.15, 0.2) is 4.96 Å². The molecule has 0 aliphatic carbocycles. The molecule has 0 aliphatic rings. The Kier molecular flexibility index (Phi) is 1.83. The molecule has 0 saturated carbocycles. The Labute approximate surface area is 92.2 Å². The molecule has 0 atom stereocenters. The molecule has 0 spiro atoms. The van der Waals surface area contributed by atoms with E-state index in [-0.39, 0.29) is 0 Å². The van der Waals surface area contributed by atoms with Crippen molar-refractivity contribution in [1.82, 2.24) is 9.38 Å². The summed E-state index contributed by atoms with van der Waals surface area (Å²) in [4.78, 5) is 5.58. The fraction of sp³-hybridized carbons (Fsp3) is 0.250. The summed E-state index contributed by atoms with van der Waals surface area (Å²) in [5, 5.41) is 0. The highest BCUT2D eigenvalue weighted by atomic mass is 32.1. The van der Waals surface area contributed by atoms with E-state index >= 15 is 0 Å². The van der Waals surface area contributed by atoms with E-state index in [2.05, 4.69) is 40.7 Å². The molecule has 0 aliphatic heterocycles. The minimum Gasteiger partial charge on any atom is -0.290 e. The second-order valence-electron chi connectivity index (χ2n) is 3.79. The number of aromatic nitrogens is 2. The Balaban J connectivity index is 2.40. The van der Waals surface area contributed by atoms with Crippen molar-refractivity contribution in [2.75, 3.05) is 0 Å². The van der Waals surface area contributed by atoms with Crippen molar-refractivity contribution in [3.05, 3.63) is 35.7 Å². The van der Waals surface area contributed by atoms with Crippen molar-refractivity contribution in [3.8, 4) is 0 Å². The largest absolute Gasteiger partial charge is 0.290 e. The van der Waals surface area contributed by atoms with Gasteiger partial charge in [0.05, 0.1) is 15.9 Å². The summed E-state index contributed by atoms with van der Waals surface area (Å²) in [5.41, 5.74) is 3.75. The topological polar surface area (TPSA) is 17.3 Å². The lowest BCUT2D eigenvalue weighted by atomic mass is 10.2. The number of thiazole rings is 1. The SMILES string of the molecule is CCc1ccc2c(c1)sc1nc(C)cn12. The zero-order valence-electron chi connectivity index (χ0n) is 8.82. The van der Waals surface area contributed by atoms with Crippen molar-refractivity contribution >= 4 is 26.5 Å². The van der Waals surface area contributed by atoms with Gasteiger partial charge in [-0.2, -0.15) is 0 Å². The lowest BCUT2D eigenvalue weighted by molar-refractivity contribution is 1.14. The minimum atomic E-state index is 1.09. The van der Waals surface area contributed by atoms with Crippen molar-refractivity contribution in [2.45, 2.75) is 20.3 Å². The third-order valence-corrected chi connectivity index (χ3v) is 3.70. The normalized spacial score (nSPS) is 11.6. The molecule has 2 aromatic heterocycles. The van der Waals surface area contributed by atoms with E-state index < -0.39 is 0 Å². The molecule has 0 N–H and O–H groups in total. The van der Waals surface area contributed by atoms with Gasteiger partial charge in [0.25, 0.3) is 0 Å². The molecule has 0 radical (unpaired) electrons. The average molecular weight is 216 g/mol. The molecule has 3 aromatic rings. The summed E-state index contributed by atoms with van der Waals surface area (Å²) in [6.07, 6.45) is 3.19. The number of fused-ring (bicyclic) bond motifs is 3. The zero-order valence-corrected chi connectivity index (χ0v) is 9.64. The van der Waals surface area contributed by atoms with Crippen LogP contribution >= 0.6 is 11.3 Å². The van der Waals surface area contributed by atoms with Gasteiger partial charge >= 0.3 is 0 Å². The van der Waals surface area contributed by atoms with E-state index in [0.29, 0.717) is 0 Å². The first-order valence-corrected chi connectivity index (χ1v) is 5.96. The van der Waals surface area contributed by atoms with E-state index in [1.807, 2.05) is 6.92 Å². The maximum Gasteiger partial charge on any atom is 0.194 e. The molecule has 0 unspecified atom stereocenters. The van der Waals surface area contributed by atoms with Crippen molar-refractivity contribution in [1.29, 1.82) is 0 Å². The van der Waals surface area contributed by atoms with E-state index in [1.54, 1.807) is 11.3 Å². The highest BCUT2D eigenvalue weighted by molar-refractivity contribution is 7.23. The molecular formula is C12H12N2S. The quantitative estimate of drug-likeness (QED) is 0.609. The Hall–Kier alpha value is -1.35. The zero-order chi connectivity index (χ0) is 10.4. The maximum absolute atomic E-state index is 4.49. The summed E-state index contributed by atoms with van der Waals surface area (Å²) < 4.78 is 3.51. The number of imidazole rings is 1. The number of hydrogen-bond acceptors (Lipinski definition) is 2. The number of nitrogens with zero attached hydrogens (tertiary/aromatic N) is 2. The average Bonchev–Trinajstić information content (AvgIpc) is 2.72. The molecule has 3 heteroatoms. The maximum atomic E-state index is 4.49. The molecule has 0 fully saturated rings. The second-order valence-corrected chi connectivity index (χ2v) is 4.80. The smallest absolute Gasteiger partial charge is 0.194 e. The van der Waals surface area contributed by atoms with E-state index in [0.717, 1.165) is 17.1 Å². The first-order valence-electron chi connectivity index (χ1n) is 5.15. The summed E-state index contributed by atoms with van der Waals surface area (Å²) >= 11 is 1.76. The first-order chi connectivity index (χ1) is 7.28. The van der Waals surface area contributed by atoms with Crippen LogP contribution in [-0.4, -0.2) is 9.38 Å². The Morgan fingerprint density at radius 3 is 3.07 bits per heavy atom. The third kappa shape index (κ3) is 1.27. The van der Waals surface area contributed by atoms with E-state index in [1.165, 1.54) is 15.8 Å². The molecule has 0 bridgehead atoms. The summed E-state index contributed by atoms with van der Waals surface area (Å²) in [6.45, 7) is 4.22. The lowest BCUT2D eigenvalue weighted by Crippen LogP contribution is -1.80. The highest BCUT2D eigenvalue weighted by Crippen LogP contribution is 2.27. The van der Waals surface area contributed by atoms with Crippen LogP contribution < -0.4 is 0 Å².